The van der Waals surface area contributed by atoms with E-state index >= 15 is 0 Å². The number of benzene rings is 1. The topological polar surface area (TPSA) is 20.3 Å². The first-order valence-electron chi connectivity index (χ1n) is 4.13. The third-order valence-electron chi connectivity index (χ3n) is 1.91. The second-order valence-corrected chi connectivity index (χ2v) is 3.98. The third kappa shape index (κ3) is 1.65. The fourth-order valence-electron chi connectivity index (χ4n) is 1.28. The first kappa shape index (κ1) is 9.62. The van der Waals surface area contributed by atoms with Crippen LogP contribution in [0.15, 0.2) is 40.8 Å². The maximum absolute atomic E-state index is 11.5. The van der Waals surface area contributed by atoms with Crippen LogP contribution in [0.3, 0.4) is 0 Å². The number of carbonyl (C=O) groups is 1. The molecule has 1 heterocycles. The predicted molar refractivity (Wildman–Crippen MR) is 59.6 cm³/mol. The molecule has 0 saturated carbocycles. The van der Waals surface area contributed by atoms with Crippen molar-refractivity contribution in [3.8, 4) is 0 Å². The fourth-order valence-corrected chi connectivity index (χ4v) is 2.18. The molecule has 0 atom stereocenters. The molecule has 0 fully saturated rings. The fraction of sp³-hybridized carbons (Fsp3) is 0.100. The average molecular weight is 226 g/mol. The van der Waals surface area contributed by atoms with Crippen molar-refractivity contribution in [2.45, 2.75) is 4.90 Å². The minimum absolute atomic E-state index is 0.00331. The van der Waals surface area contributed by atoms with Crippen molar-refractivity contribution in [2.24, 2.45) is 0 Å². The Morgan fingerprint density at radius 3 is 3.00 bits per heavy atom. The largest absolute Gasteiger partial charge is 0.285 e. The van der Waals surface area contributed by atoms with Crippen molar-refractivity contribution in [3.05, 3.63) is 35.9 Å². The van der Waals surface area contributed by atoms with Crippen molar-refractivity contribution in [1.29, 1.82) is 0 Å². The molecule has 2 nitrogen and oxygen atoms in total. The summed E-state index contributed by atoms with van der Waals surface area (Å²) >= 11 is 7.12. The molecule has 0 spiro atoms. The minimum Gasteiger partial charge on any atom is -0.285 e. The van der Waals surface area contributed by atoms with E-state index in [1.807, 2.05) is 29.7 Å². The van der Waals surface area contributed by atoms with Crippen LogP contribution in [-0.4, -0.2) is 11.8 Å². The van der Waals surface area contributed by atoms with Gasteiger partial charge in [-0.15, -0.1) is 11.6 Å². The average Bonchev–Trinajstić information content (AvgIpc) is 2.27. The Morgan fingerprint density at radius 2 is 2.21 bits per heavy atom. The summed E-state index contributed by atoms with van der Waals surface area (Å²) in [5, 5.41) is 1.88. The smallest absolute Gasteiger partial charge is 0.246 e. The van der Waals surface area contributed by atoms with E-state index in [9.17, 15) is 4.79 Å². The van der Waals surface area contributed by atoms with Crippen LogP contribution in [0.5, 0.6) is 0 Å². The molecular weight excluding hydrogens is 218 g/mol. The molecule has 0 radical (unpaired) electrons. The molecule has 1 aromatic rings. The van der Waals surface area contributed by atoms with Gasteiger partial charge in [0.1, 0.15) is 5.88 Å². The summed E-state index contributed by atoms with van der Waals surface area (Å²) in [5.41, 5.74) is 0.908. The number of halogens is 1. The Kier molecular flexibility index (Phi) is 2.79. The summed E-state index contributed by atoms with van der Waals surface area (Å²) in [6, 6.07) is 7.76. The van der Waals surface area contributed by atoms with Crippen LogP contribution in [0.4, 0.5) is 5.69 Å². The molecule has 1 amide bonds. The van der Waals surface area contributed by atoms with Crippen molar-refractivity contribution < 1.29 is 4.79 Å². The number of fused-ring (bicyclic) bond motifs is 1. The molecule has 0 bridgehead atoms. The number of hydrogen-bond acceptors (Lipinski definition) is 2. The van der Waals surface area contributed by atoms with Gasteiger partial charge < -0.3 is 0 Å². The number of carbonyl (C=O) groups excluding carboxylic acids is 1. The first-order chi connectivity index (χ1) is 6.83. The molecule has 0 saturated heterocycles. The van der Waals surface area contributed by atoms with Gasteiger partial charge in [0.2, 0.25) is 5.91 Å². The number of nitrogens with zero attached hydrogens (tertiary/aromatic N) is 1. The van der Waals surface area contributed by atoms with Gasteiger partial charge in [0.25, 0.3) is 0 Å². The molecular formula is C10H8ClNOS. The van der Waals surface area contributed by atoms with Crippen LogP contribution in [0.25, 0.3) is 0 Å². The zero-order chi connectivity index (χ0) is 9.97. The van der Waals surface area contributed by atoms with Gasteiger partial charge in [0.15, 0.2) is 0 Å². The van der Waals surface area contributed by atoms with Gasteiger partial charge in [-0.3, -0.25) is 9.69 Å². The molecule has 0 unspecified atom stereocenters. The number of para-hydroxylation sites is 1. The number of alkyl halides is 1. The molecule has 0 aromatic heterocycles. The van der Waals surface area contributed by atoms with Crippen molar-refractivity contribution in [1.82, 2.24) is 0 Å². The van der Waals surface area contributed by atoms with Gasteiger partial charge in [-0.05, 0) is 17.5 Å². The van der Waals surface area contributed by atoms with E-state index < -0.39 is 0 Å². The van der Waals surface area contributed by atoms with Crippen LogP contribution in [0, 0.1) is 0 Å². The van der Waals surface area contributed by atoms with E-state index in [0.29, 0.717) is 0 Å². The van der Waals surface area contributed by atoms with Gasteiger partial charge in [-0.1, -0.05) is 23.9 Å². The molecule has 0 aliphatic carbocycles. The van der Waals surface area contributed by atoms with E-state index in [2.05, 4.69) is 0 Å². The van der Waals surface area contributed by atoms with E-state index in [1.165, 1.54) is 0 Å². The van der Waals surface area contributed by atoms with Crippen molar-refractivity contribution in [2.75, 3.05) is 10.8 Å². The number of anilines is 1. The summed E-state index contributed by atoms with van der Waals surface area (Å²) in [6.07, 6.45) is 1.75. The molecule has 1 aliphatic rings. The SMILES string of the molecule is O=C(CCl)N1C=CSc2ccccc21. The van der Waals surface area contributed by atoms with Gasteiger partial charge in [-0.2, -0.15) is 0 Å². The normalized spacial score (nSPS) is 13.9. The predicted octanol–water partition coefficient (Wildman–Crippen LogP) is 2.84. The standard InChI is InChI=1S/C10H8ClNOS/c11-7-10(13)12-5-6-14-9-4-2-1-3-8(9)12/h1-6H,7H2. The summed E-state index contributed by atoms with van der Waals surface area (Å²) in [7, 11) is 0. The summed E-state index contributed by atoms with van der Waals surface area (Å²) in [5.74, 6) is -0.0979. The lowest BCUT2D eigenvalue weighted by Crippen LogP contribution is -2.27. The number of amides is 1. The second kappa shape index (κ2) is 4.07. The highest BCUT2D eigenvalue weighted by molar-refractivity contribution is 8.02. The van der Waals surface area contributed by atoms with Gasteiger partial charge in [0, 0.05) is 11.1 Å². The van der Waals surface area contributed by atoms with Crippen LogP contribution in [-0.2, 0) is 4.79 Å². The second-order valence-electron chi connectivity index (χ2n) is 2.77. The summed E-state index contributed by atoms with van der Waals surface area (Å²) in [6.45, 7) is 0. The lowest BCUT2D eigenvalue weighted by molar-refractivity contribution is -0.115. The lowest BCUT2D eigenvalue weighted by Gasteiger charge is -2.23. The Bertz CT molecular complexity index is 391. The highest BCUT2D eigenvalue weighted by atomic mass is 35.5. The minimum atomic E-state index is -0.101. The van der Waals surface area contributed by atoms with Crippen LogP contribution in [0.1, 0.15) is 0 Å². The monoisotopic (exact) mass is 225 g/mol. The Balaban J connectivity index is 2.40. The number of hydrogen-bond donors (Lipinski definition) is 0. The molecule has 0 N–H and O–H groups in total. The maximum atomic E-state index is 11.5. The zero-order valence-corrected chi connectivity index (χ0v) is 8.89. The highest BCUT2D eigenvalue weighted by Gasteiger charge is 2.17. The Morgan fingerprint density at radius 1 is 1.43 bits per heavy atom. The third-order valence-corrected chi connectivity index (χ3v) is 3.00. The molecule has 1 aliphatic heterocycles. The van der Waals surface area contributed by atoms with Gasteiger partial charge in [0.05, 0.1) is 5.69 Å². The van der Waals surface area contributed by atoms with E-state index in [-0.39, 0.29) is 11.8 Å². The summed E-state index contributed by atoms with van der Waals surface area (Å²) < 4.78 is 0. The van der Waals surface area contributed by atoms with Crippen molar-refractivity contribution >= 4 is 35.0 Å². The van der Waals surface area contributed by atoms with E-state index in [0.717, 1.165) is 10.6 Å². The zero-order valence-electron chi connectivity index (χ0n) is 7.31. The molecule has 14 heavy (non-hydrogen) atoms. The molecule has 2 rings (SSSR count). The van der Waals surface area contributed by atoms with Crippen LogP contribution in [0.2, 0.25) is 0 Å². The number of rotatable bonds is 1. The molecule has 1 aromatic carbocycles. The van der Waals surface area contributed by atoms with Crippen LogP contribution >= 0.6 is 23.4 Å². The van der Waals surface area contributed by atoms with E-state index in [4.69, 9.17) is 11.6 Å². The highest BCUT2D eigenvalue weighted by Crippen LogP contribution is 2.35. The molecule has 72 valence electrons. The Hall–Kier alpha value is -0.930. The quantitative estimate of drug-likeness (QED) is 0.685. The Labute approximate surface area is 91.5 Å². The summed E-state index contributed by atoms with van der Waals surface area (Å²) in [4.78, 5) is 14.1. The maximum Gasteiger partial charge on any atom is 0.246 e. The van der Waals surface area contributed by atoms with Crippen LogP contribution < -0.4 is 4.90 Å². The number of thioether (sulfide) groups is 1. The molecule has 4 heteroatoms. The first-order valence-corrected chi connectivity index (χ1v) is 5.55. The van der Waals surface area contributed by atoms with Gasteiger partial charge in [-0.25, -0.2) is 0 Å². The van der Waals surface area contributed by atoms with Gasteiger partial charge >= 0.3 is 0 Å². The lowest BCUT2D eigenvalue weighted by atomic mass is 10.3. The van der Waals surface area contributed by atoms with E-state index in [1.54, 1.807) is 22.9 Å². The van der Waals surface area contributed by atoms with Crippen molar-refractivity contribution in [3.63, 3.8) is 0 Å².